The van der Waals surface area contributed by atoms with Gasteiger partial charge in [0.1, 0.15) is 6.10 Å². The van der Waals surface area contributed by atoms with E-state index in [2.05, 4.69) is 5.10 Å². The van der Waals surface area contributed by atoms with Gasteiger partial charge in [-0.3, -0.25) is 4.79 Å². The Labute approximate surface area is 159 Å². The standard InChI is InChI=1S/C22H23N3O2/c1-16-13-17(2)25(23-16)20-10-6-9-19(14-20)22(26)24-11-12-27-21(15-24)18-7-4-3-5-8-18/h3-10,13-14,21H,11-12,15H2,1-2H3. The molecule has 2 aromatic carbocycles. The zero-order chi connectivity index (χ0) is 18.8. The highest BCUT2D eigenvalue weighted by Crippen LogP contribution is 2.23. The monoisotopic (exact) mass is 361 g/mol. The summed E-state index contributed by atoms with van der Waals surface area (Å²) in [5.41, 5.74) is 4.69. The van der Waals surface area contributed by atoms with E-state index >= 15 is 0 Å². The van der Waals surface area contributed by atoms with Gasteiger partial charge in [0.15, 0.2) is 0 Å². The molecule has 0 spiro atoms. The lowest BCUT2D eigenvalue weighted by Crippen LogP contribution is -2.42. The lowest BCUT2D eigenvalue weighted by Gasteiger charge is -2.33. The van der Waals surface area contributed by atoms with Crippen LogP contribution in [-0.2, 0) is 4.74 Å². The van der Waals surface area contributed by atoms with Gasteiger partial charge in [-0.25, -0.2) is 4.68 Å². The Balaban J connectivity index is 1.56. The number of morpholine rings is 1. The highest BCUT2D eigenvalue weighted by molar-refractivity contribution is 5.94. The topological polar surface area (TPSA) is 47.4 Å². The van der Waals surface area contributed by atoms with Crippen molar-refractivity contribution in [2.45, 2.75) is 20.0 Å². The van der Waals surface area contributed by atoms with Gasteiger partial charge < -0.3 is 9.64 Å². The molecule has 2 heterocycles. The summed E-state index contributed by atoms with van der Waals surface area (Å²) in [7, 11) is 0. The van der Waals surface area contributed by atoms with Crippen LogP contribution in [0.4, 0.5) is 0 Å². The zero-order valence-electron chi connectivity index (χ0n) is 15.6. The summed E-state index contributed by atoms with van der Waals surface area (Å²) in [6, 6.07) is 19.8. The van der Waals surface area contributed by atoms with Crippen LogP contribution in [0, 0.1) is 13.8 Å². The molecular weight excluding hydrogens is 338 g/mol. The van der Waals surface area contributed by atoms with E-state index < -0.39 is 0 Å². The van der Waals surface area contributed by atoms with E-state index in [1.165, 1.54) is 0 Å². The van der Waals surface area contributed by atoms with E-state index in [1.54, 1.807) is 0 Å². The van der Waals surface area contributed by atoms with E-state index in [0.29, 0.717) is 25.3 Å². The van der Waals surface area contributed by atoms with Gasteiger partial charge in [0.05, 0.1) is 24.5 Å². The molecule has 1 unspecified atom stereocenters. The fourth-order valence-corrected chi connectivity index (χ4v) is 3.55. The number of aryl methyl sites for hydroxylation is 2. The lowest BCUT2D eigenvalue weighted by atomic mass is 10.1. The summed E-state index contributed by atoms with van der Waals surface area (Å²) in [4.78, 5) is 15.0. The quantitative estimate of drug-likeness (QED) is 0.715. The number of ether oxygens (including phenoxy) is 1. The van der Waals surface area contributed by atoms with Crippen LogP contribution < -0.4 is 0 Å². The number of aromatic nitrogens is 2. The first-order valence-corrected chi connectivity index (χ1v) is 9.21. The number of carbonyl (C=O) groups is 1. The summed E-state index contributed by atoms with van der Waals surface area (Å²) < 4.78 is 7.76. The summed E-state index contributed by atoms with van der Waals surface area (Å²) in [5.74, 6) is 0.0302. The second-order valence-corrected chi connectivity index (χ2v) is 6.91. The van der Waals surface area contributed by atoms with Crippen LogP contribution in [0.25, 0.3) is 5.69 Å². The van der Waals surface area contributed by atoms with Crippen LogP contribution in [0.1, 0.15) is 33.4 Å². The molecule has 27 heavy (non-hydrogen) atoms. The van der Waals surface area contributed by atoms with Gasteiger partial charge in [0, 0.05) is 17.8 Å². The molecule has 1 atom stereocenters. The van der Waals surface area contributed by atoms with Crippen LogP contribution in [0.3, 0.4) is 0 Å². The third kappa shape index (κ3) is 3.64. The van der Waals surface area contributed by atoms with Crippen LogP contribution in [0.2, 0.25) is 0 Å². The van der Waals surface area contributed by atoms with E-state index in [1.807, 2.05) is 84.1 Å². The number of nitrogens with zero attached hydrogens (tertiary/aromatic N) is 3. The molecule has 1 aromatic heterocycles. The summed E-state index contributed by atoms with van der Waals surface area (Å²) in [6.07, 6.45) is -0.0805. The maximum Gasteiger partial charge on any atom is 0.254 e. The van der Waals surface area contributed by atoms with Crippen molar-refractivity contribution in [3.05, 3.63) is 83.2 Å². The number of hydrogen-bond acceptors (Lipinski definition) is 3. The van der Waals surface area contributed by atoms with Crippen LogP contribution in [0.15, 0.2) is 60.7 Å². The molecule has 0 aliphatic carbocycles. The van der Waals surface area contributed by atoms with E-state index in [0.717, 1.165) is 22.6 Å². The average Bonchev–Trinajstić information content (AvgIpc) is 3.06. The van der Waals surface area contributed by atoms with Crippen molar-refractivity contribution < 1.29 is 9.53 Å². The number of benzene rings is 2. The van der Waals surface area contributed by atoms with Crippen LogP contribution in [-0.4, -0.2) is 40.3 Å². The Bertz CT molecular complexity index is 949. The van der Waals surface area contributed by atoms with Gasteiger partial charge >= 0.3 is 0 Å². The Morgan fingerprint density at radius 1 is 1.07 bits per heavy atom. The molecule has 5 heteroatoms. The first-order chi connectivity index (χ1) is 13.1. The van der Waals surface area contributed by atoms with Crippen molar-refractivity contribution in [2.24, 2.45) is 0 Å². The van der Waals surface area contributed by atoms with E-state index in [-0.39, 0.29) is 12.0 Å². The molecule has 1 saturated heterocycles. The zero-order valence-corrected chi connectivity index (χ0v) is 15.6. The van der Waals surface area contributed by atoms with Gasteiger partial charge in [-0.15, -0.1) is 0 Å². The highest BCUT2D eigenvalue weighted by atomic mass is 16.5. The fourth-order valence-electron chi connectivity index (χ4n) is 3.55. The predicted molar refractivity (Wildman–Crippen MR) is 104 cm³/mol. The largest absolute Gasteiger partial charge is 0.370 e. The fraction of sp³-hybridized carbons (Fsp3) is 0.273. The third-order valence-electron chi connectivity index (χ3n) is 4.87. The molecule has 1 amide bonds. The number of hydrogen-bond donors (Lipinski definition) is 0. The number of carbonyl (C=O) groups excluding carboxylic acids is 1. The molecule has 3 aromatic rings. The van der Waals surface area contributed by atoms with E-state index in [4.69, 9.17) is 4.74 Å². The molecule has 0 N–H and O–H groups in total. The molecule has 1 aliphatic heterocycles. The molecule has 1 fully saturated rings. The third-order valence-corrected chi connectivity index (χ3v) is 4.87. The first-order valence-electron chi connectivity index (χ1n) is 9.21. The molecule has 138 valence electrons. The molecule has 0 bridgehead atoms. The summed E-state index contributed by atoms with van der Waals surface area (Å²) in [5, 5.41) is 4.52. The van der Waals surface area contributed by atoms with Crippen molar-refractivity contribution in [2.75, 3.05) is 19.7 Å². The van der Waals surface area contributed by atoms with Gasteiger partial charge in [0.2, 0.25) is 0 Å². The number of rotatable bonds is 3. The lowest BCUT2D eigenvalue weighted by molar-refractivity contribution is -0.0228. The molecule has 4 rings (SSSR count). The minimum absolute atomic E-state index is 0.0302. The molecular formula is C22H23N3O2. The molecule has 1 aliphatic rings. The molecule has 0 saturated carbocycles. The van der Waals surface area contributed by atoms with Gasteiger partial charge in [-0.2, -0.15) is 5.10 Å². The van der Waals surface area contributed by atoms with Gasteiger partial charge in [0.25, 0.3) is 5.91 Å². The minimum Gasteiger partial charge on any atom is -0.370 e. The van der Waals surface area contributed by atoms with Gasteiger partial charge in [-0.05, 0) is 43.7 Å². The second kappa shape index (κ2) is 7.37. The van der Waals surface area contributed by atoms with Crippen molar-refractivity contribution in [1.29, 1.82) is 0 Å². The van der Waals surface area contributed by atoms with Crippen LogP contribution >= 0.6 is 0 Å². The Morgan fingerprint density at radius 2 is 1.89 bits per heavy atom. The Hall–Kier alpha value is -2.92. The van der Waals surface area contributed by atoms with Crippen LogP contribution in [0.5, 0.6) is 0 Å². The Morgan fingerprint density at radius 3 is 2.63 bits per heavy atom. The smallest absolute Gasteiger partial charge is 0.254 e. The SMILES string of the molecule is Cc1cc(C)n(-c2cccc(C(=O)N3CCOC(c4ccccc4)C3)c2)n1. The minimum atomic E-state index is -0.0805. The predicted octanol–water partition coefficient (Wildman–Crippen LogP) is 3.70. The van der Waals surface area contributed by atoms with Crippen molar-refractivity contribution >= 4 is 5.91 Å². The second-order valence-electron chi connectivity index (χ2n) is 6.91. The van der Waals surface area contributed by atoms with Crippen molar-refractivity contribution in [1.82, 2.24) is 14.7 Å². The first kappa shape index (κ1) is 17.5. The van der Waals surface area contributed by atoms with Crippen molar-refractivity contribution in [3.63, 3.8) is 0 Å². The molecule has 0 radical (unpaired) electrons. The Kier molecular flexibility index (Phi) is 4.77. The highest BCUT2D eigenvalue weighted by Gasteiger charge is 2.26. The van der Waals surface area contributed by atoms with Gasteiger partial charge in [-0.1, -0.05) is 36.4 Å². The summed E-state index contributed by atoms with van der Waals surface area (Å²) in [6.45, 7) is 5.69. The van der Waals surface area contributed by atoms with E-state index in [9.17, 15) is 4.79 Å². The maximum atomic E-state index is 13.1. The maximum absolute atomic E-state index is 13.1. The van der Waals surface area contributed by atoms with Crippen molar-refractivity contribution in [3.8, 4) is 5.69 Å². The average molecular weight is 361 g/mol. The normalized spacial score (nSPS) is 17.1. The molecule has 5 nitrogen and oxygen atoms in total. The summed E-state index contributed by atoms with van der Waals surface area (Å²) >= 11 is 0. The number of amides is 1.